The van der Waals surface area contributed by atoms with Gasteiger partial charge in [-0.05, 0) is 69.2 Å². The van der Waals surface area contributed by atoms with E-state index in [-0.39, 0.29) is 13.2 Å². The fourth-order valence-corrected chi connectivity index (χ4v) is 2.41. The van der Waals surface area contributed by atoms with Crippen LogP contribution in [0.15, 0.2) is 18.2 Å². The number of aryl methyl sites for hydroxylation is 1. The number of nitrogens with two attached hydrogens (primary N) is 1. The minimum atomic E-state index is 0.275. The number of aliphatic hydroxyl groups is 2. The summed E-state index contributed by atoms with van der Waals surface area (Å²) in [4.78, 5) is 2.39. The second-order valence-corrected chi connectivity index (χ2v) is 5.60. The van der Waals surface area contributed by atoms with Gasteiger partial charge in [0.2, 0.25) is 0 Å². The molecule has 0 amide bonds. The Bertz CT molecular complexity index is 384. The zero-order valence-electron chi connectivity index (χ0n) is 13.2. The second kappa shape index (κ2) is 10.5. The van der Waals surface area contributed by atoms with Crippen LogP contribution in [0.3, 0.4) is 0 Å². The summed E-state index contributed by atoms with van der Waals surface area (Å²) < 4.78 is 0. The van der Waals surface area contributed by atoms with Crippen LogP contribution in [0.2, 0.25) is 0 Å². The molecular formula is C17H30N2O2. The fraction of sp³-hybridized carbons (Fsp3) is 0.647. The molecule has 0 bridgehead atoms. The lowest BCUT2D eigenvalue weighted by atomic mass is 10.1. The molecular weight excluding hydrogens is 264 g/mol. The van der Waals surface area contributed by atoms with Gasteiger partial charge in [-0.3, -0.25) is 0 Å². The molecule has 0 heterocycles. The summed E-state index contributed by atoms with van der Waals surface area (Å²) in [5.41, 5.74) is 9.06. The number of nitrogen functional groups attached to an aromatic ring is 1. The molecule has 21 heavy (non-hydrogen) atoms. The van der Waals surface area contributed by atoms with Gasteiger partial charge in [0.15, 0.2) is 0 Å². The molecule has 0 aliphatic rings. The quantitative estimate of drug-likeness (QED) is 0.433. The lowest BCUT2D eigenvalue weighted by Gasteiger charge is -2.25. The second-order valence-electron chi connectivity index (χ2n) is 5.60. The van der Waals surface area contributed by atoms with Crippen LogP contribution in [-0.4, -0.2) is 36.5 Å². The Morgan fingerprint density at radius 3 is 1.95 bits per heavy atom. The van der Waals surface area contributed by atoms with Gasteiger partial charge >= 0.3 is 0 Å². The van der Waals surface area contributed by atoms with E-state index < -0.39 is 0 Å². The van der Waals surface area contributed by atoms with Gasteiger partial charge < -0.3 is 20.8 Å². The van der Waals surface area contributed by atoms with Crippen molar-refractivity contribution in [3.8, 4) is 0 Å². The van der Waals surface area contributed by atoms with Crippen LogP contribution >= 0.6 is 0 Å². The number of anilines is 2. The molecule has 0 fully saturated rings. The van der Waals surface area contributed by atoms with Crippen molar-refractivity contribution >= 4 is 11.4 Å². The Labute approximate surface area is 128 Å². The fourth-order valence-electron chi connectivity index (χ4n) is 2.41. The van der Waals surface area contributed by atoms with Crippen LogP contribution in [-0.2, 0) is 0 Å². The molecule has 0 aromatic heterocycles. The van der Waals surface area contributed by atoms with Crippen molar-refractivity contribution in [2.45, 2.75) is 45.4 Å². The summed E-state index contributed by atoms with van der Waals surface area (Å²) in [6.45, 7) is 4.59. The first-order valence-electron chi connectivity index (χ1n) is 8.02. The maximum atomic E-state index is 8.86. The normalized spacial score (nSPS) is 10.8. The number of nitrogens with zero attached hydrogens (tertiary/aromatic N) is 1. The summed E-state index contributed by atoms with van der Waals surface area (Å²) in [5, 5.41) is 17.7. The third kappa shape index (κ3) is 6.82. The molecule has 0 aliphatic heterocycles. The first-order chi connectivity index (χ1) is 10.2. The van der Waals surface area contributed by atoms with E-state index in [1.807, 2.05) is 13.0 Å². The minimum absolute atomic E-state index is 0.275. The van der Waals surface area contributed by atoms with Gasteiger partial charge in [0.25, 0.3) is 0 Å². The Morgan fingerprint density at radius 1 is 0.905 bits per heavy atom. The highest BCUT2D eigenvalue weighted by atomic mass is 16.3. The Morgan fingerprint density at radius 2 is 1.48 bits per heavy atom. The van der Waals surface area contributed by atoms with E-state index in [1.54, 1.807) is 0 Å². The average Bonchev–Trinajstić information content (AvgIpc) is 2.48. The molecule has 120 valence electrons. The molecule has 1 aromatic rings. The predicted molar refractivity (Wildman–Crippen MR) is 89.7 cm³/mol. The van der Waals surface area contributed by atoms with Crippen molar-refractivity contribution < 1.29 is 10.2 Å². The van der Waals surface area contributed by atoms with Crippen molar-refractivity contribution in [1.29, 1.82) is 0 Å². The van der Waals surface area contributed by atoms with Crippen LogP contribution in [0.1, 0.15) is 44.1 Å². The highest BCUT2D eigenvalue weighted by Crippen LogP contribution is 2.21. The molecule has 1 rings (SSSR count). The molecule has 0 unspecified atom stereocenters. The predicted octanol–water partition coefficient (Wildman–Crippen LogP) is 2.71. The van der Waals surface area contributed by atoms with Crippen LogP contribution < -0.4 is 10.6 Å². The molecule has 0 atom stereocenters. The monoisotopic (exact) mass is 294 g/mol. The van der Waals surface area contributed by atoms with Crippen LogP contribution in [0.4, 0.5) is 11.4 Å². The Hall–Kier alpha value is -1.26. The highest BCUT2D eigenvalue weighted by molar-refractivity contribution is 5.58. The number of rotatable bonds is 11. The highest BCUT2D eigenvalue weighted by Gasteiger charge is 2.07. The lowest BCUT2D eigenvalue weighted by molar-refractivity contribution is 0.282. The molecule has 4 nitrogen and oxygen atoms in total. The SMILES string of the molecule is Cc1cc(N(CCCCCO)CCCCCO)ccc1N. The number of aliphatic hydroxyl groups excluding tert-OH is 2. The van der Waals surface area contributed by atoms with E-state index in [2.05, 4.69) is 17.0 Å². The number of hydrogen-bond donors (Lipinski definition) is 3. The summed E-state index contributed by atoms with van der Waals surface area (Å²) in [6, 6.07) is 6.20. The Kier molecular flexibility index (Phi) is 8.87. The lowest BCUT2D eigenvalue weighted by Crippen LogP contribution is -2.26. The van der Waals surface area contributed by atoms with Crippen molar-refractivity contribution in [2.75, 3.05) is 36.9 Å². The molecule has 0 aliphatic carbocycles. The van der Waals surface area contributed by atoms with Gasteiger partial charge in [-0.25, -0.2) is 0 Å². The maximum absolute atomic E-state index is 8.86. The first kappa shape index (κ1) is 17.8. The molecule has 0 saturated heterocycles. The molecule has 0 spiro atoms. The molecule has 1 aromatic carbocycles. The number of unbranched alkanes of at least 4 members (excludes halogenated alkanes) is 4. The summed E-state index contributed by atoms with van der Waals surface area (Å²) in [5.74, 6) is 0. The summed E-state index contributed by atoms with van der Waals surface area (Å²) in [7, 11) is 0. The zero-order valence-corrected chi connectivity index (χ0v) is 13.2. The maximum Gasteiger partial charge on any atom is 0.0431 e. The smallest absolute Gasteiger partial charge is 0.0431 e. The van der Waals surface area contributed by atoms with Crippen molar-refractivity contribution in [2.24, 2.45) is 0 Å². The van der Waals surface area contributed by atoms with Crippen LogP contribution in [0.5, 0.6) is 0 Å². The van der Waals surface area contributed by atoms with Crippen molar-refractivity contribution in [3.05, 3.63) is 23.8 Å². The minimum Gasteiger partial charge on any atom is -0.399 e. The largest absolute Gasteiger partial charge is 0.399 e. The van der Waals surface area contributed by atoms with Gasteiger partial charge in [-0.2, -0.15) is 0 Å². The zero-order chi connectivity index (χ0) is 15.5. The molecule has 4 heteroatoms. The molecule has 0 radical (unpaired) electrons. The molecule has 4 N–H and O–H groups in total. The van der Waals surface area contributed by atoms with E-state index in [4.69, 9.17) is 15.9 Å². The standard InChI is InChI=1S/C17H30N2O2/c1-15-14-16(8-9-17(15)18)19(10-4-2-6-12-20)11-5-3-7-13-21/h8-9,14,20-21H,2-7,10-13,18H2,1H3. The topological polar surface area (TPSA) is 69.7 Å². The van der Waals surface area contributed by atoms with E-state index >= 15 is 0 Å². The van der Waals surface area contributed by atoms with Crippen molar-refractivity contribution in [3.63, 3.8) is 0 Å². The van der Waals surface area contributed by atoms with E-state index in [0.29, 0.717) is 0 Å². The van der Waals surface area contributed by atoms with E-state index in [0.717, 1.165) is 62.9 Å². The summed E-state index contributed by atoms with van der Waals surface area (Å²) >= 11 is 0. The average molecular weight is 294 g/mol. The number of hydrogen-bond acceptors (Lipinski definition) is 4. The van der Waals surface area contributed by atoms with Crippen LogP contribution in [0, 0.1) is 6.92 Å². The first-order valence-corrected chi connectivity index (χ1v) is 8.02. The van der Waals surface area contributed by atoms with Gasteiger partial charge in [0.1, 0.15) is 0 Å². The third-order valence-corrected chi connectivity index (χ3v) is 3.79. The molecule has 0 saturated carbocycles. The summed E-state index contributed by atoms with van der Waals surface area (Å²) in [6.07, 6.45) is 6.03. The third-order valence-electron chi connectivity index (χ3n) is 3.79. The van der Waals surface area contributed by atoms with Gasteiger partial charge in [0, 0.05) is 37.7 Å². The van der Waals surface area contributed by atoms with Gasteiger partial charge in [0.05, 0.1) is 0 Å². The van der Waals surface area contributed by atoms with Gasteiger partial charge in [-0.1, -0.05) is 0 Å². The van der Waals surface area contributed by atoms with E-state index in [9.17, 15) is 0 Å². The van der Waals surface area contributed by atoms with E-state index in [1.165, 1.54) is 5.69 Å². The number of benzene rings is 1. The van der Waals surface area contributed by atoms with Crippen LogP contribution in [0.25, 0.3) is 0 Å². The Balaban J connectivity index is 2.58. The van der Waals surface area contributed by atoms with Gasteiger partial charge in [-0.15, -0.1) is 0 Å². The van der Waals surface area contributed by atoms with Crippen molar-refractivity contribution in [1.82, 2.24) is 0 Å².